The summed E-state index contributed by atoms with van der Waals surface area (Å²) < 4.78 is 4.41. The maximum Gasteiger partial charge on any atom is 0.374 e. The molecular weight excluding hydrogens is 324 g/mol. The second kappa shape index (κ2) is 20.5. The fourth-order valence-corrected chi connectivity index (χ4v) is 3.40. The molecule has 0 amide bonds. The van der Waals surface area contributed by atoms with E-state index in [0.29, 0.717) is 6.42 Å². The lowest BCUT2D eigenvalue weighted by Crippen LogP contribution is -2.14. The van der Waals surface area contributed by atoms with Crippen LogP contribution in [0.15, 0.2) is 0 Å². The number of ketones is 1. The molecule has 0 fully saturated rings. The zero-order valence-corrected chi connectivity index (χ0v) is 17.7. The molecule has 0 rings (SSSR count). The summed E-state index contributed by atoms with van der Waals surface area (Å²) in [5.74, 6) is -1.08. The third-order valence-electron chi connectivity index (χ3n) is 5.17. The Hall–Kier alpha value is -0.860. The van der Waals surface area contributed by atoms with Crippen LogP contribution in [0.2, 0.25) is 0 Å². The van der Waals surface area contributed by atoms with Crippen molar-refractivity contribution in [1.82, 2.24) is 0 Å². The van der Waals surface area contributed by atoms with Gasteiger partial charge in [0.1, 0.15) is 0 Å². The van der Waals surface area contributed by atoms with Crippen molar-refractivity contribution in [2.24, 2.45) is 0 Å². The Morgan fingerprint density at radius 2 is 0.846 bits per heavy atom. The van der Waals surface area contributed by atoms with Crippen molar-refractivity contribution in [3.63, 3.8) is 0 Å². The van der Waals surface area contributed by atoms with E-state index in [1.54, 1.807) is 0 Å². The molecule has 0 aromatic carbocycles. The number of carbonyl (C=O) groups is 2. The molecule has 0 radical (unpaired) electrons. The van der Waals surface area contributed by atoms with Crippen LogP contribution in [-0.2, 0) is 14.3 Å². The average molecular weight is 369 g/mol. The molecule has 3 nitrogen and oxygen atoms in total. The van der Waals surface area contributed by atoms with Crippen molar-refractivity contribution in [3.8, 4) is 0 Å². The topological polar surface area (TPSA) is 43.4 Å². The minimum atomic E-state index is -0.697. The highest BCUT2D eigenvalue weighted by atomic mass is 16.5. The first-order chi connectivity index (χ1) is 12.7. The second-order valence-corrected chi connectivity index (χ2v) is 7.68. The summed E-state index contributed by atoms with van der Waals surface area (Å²) in [5, 5.41) is 0. The highest BCUT2D eigenvalue weighted by molar-refractivity contribution is 6.33. The molecule has 0 atom stereocenters. The Balaban J connectivity index is 3.09. The molecule has 0 aromatic heterocycles. The van der Waals surface area contributed by atoms with Gasteiger partial charge in [0.15, 0.2) is 0 Å². The predicted octanol–water partition coefficient (Wildman–Crippen LogP) is 7.16. The van der Waals surface area contributed by atoms with Crippen molar-refractivity contribution >= 4 is 11.8 Å². The van der Waals surface area contributed by atoms with E-state index in [9.17, 15) is 9.59 Å². The lowest BCUT2D eigenvalue weighted by Gasteiger charge is -2.04. The van der Waals surface area contributed by atoms with Crippen LogP contribution < -0.4 is 0 Å². The first-order valence-electron chi connectivity index (χ1n) is 11.3. The quantitative estimate of drug-likeness (QED) is 0.130. The van der Waals surface area contributed by atoms with Crippen LogP contribution in [0, 0.1) is 0 Å². The van der Waals surface area contributed by atoms with Gasteiger partial charge >= 0.3 is 5.97 Å². The van der Waals surface area contributed by atoms with Gasteiger partial charge in [-0.25, -0.2) is 4.79 Å². The van der Waals surface area contributed by atoms with Gasteiger partial charge in [0.05, 0.1) is 7.11 Å². The van der Waals surface area contributed by atoms with Gasteiger partial charge in [-0.1, -0.05) is 116 Å². The zero-order chi connectivity index (χ0) is 19.3. The summed E-state index contributed by atoms with van der Waals surface area (Å²) in [6.07, 6.45) is 24.2. The van der Waals surface area contributed by atoms with Crippen molar-refractivity contribution < 1.29 is 14.3 Å². The first kappa shape index (κ1) is 25.1. The van der Waals surface area contributed by atoms with E-state index in [1.807, 2.05) is 0 Å². The fraction of sp³-hybridized carbons (Fsp3) is 0.913. The molecule has 0 N–H and O–H groups in total. The molecule has 0 aliphatic carbocycles. The molecule has 3 heteroatoms. The van der Waals surface area contributed by atoms with E-state index in [0.717, 1.165) is 12.8 Å². The molecule has 0 heterocycles. The van der Waals surface area contributed by atoms with Crippen LogP contribution in [0.5, 0.6) is 0 Å². The lowest BCUT2D eigenvalue weighted by atomic mass is 10.0. The molecule has 0 aromatic rings. The molecule has 0 aliphatic heterocycles. The number of hydrogen-bond acceptors (Lipinski definition) is 3. The van der Waals surface area contributed by atoms with E-state index in [1.165, 1.54) is 110 Å². The standard InChI is InChI=1S/C23H44O3/c1-3-4-5-6-7-8-9-10-11-12-13-14-15-16-17-18-19-20-21-22(24)23(25)26-2/h3-21H2,1-2H3. The molecule has 0 spiro atoms. The number of hydrogen-bond donors (Lipinski definition) is 0. The number of carbonyl (C=O) groups excluding carboxylic acids is 2. The first-order valence-corrected chi connectivity index (χ1v) is 11.3. The lowest BCUT2D eigenvalue weighted by molar-refractivity contribution is -0.151. The third kappa shape index (κ3) is 17.9. The summed E-state index contributed by atoms with van der Waals surface area (Å²) in [6, 6.07) is 0. The van der Waals surface area contributed by atoms with Crippen molar-refractivity contribution in [2.45, 2.75) is 129 Å². The number of methoxy groups -OCH3 is 1. The van der Waals surface area contributed by atoms with Crippen LogP contribution in [0.25, 0.3) is 0 Å². The van der Waals surface area contributed by atoms with Crippen LogP contribution in [0.4, 0.5) is 0 Å². The van der Waals surface area contributed by atoms with E-state index < -0.39 is 5.97 Å². The molecule has 0 unspecified atom stereocenters. The van der Waals surface area contributed by atoms with Crippen LogP contribution in [0.1, 0.15) is 129 Å². The largest absolute Gasteiger partial charge is 0.463 e. The summed E-state index contributed by atoms with van der Waals surface area (Å²) in [4.78, 5) is 22.2. The fourth-order valence-electron chi connectivity index (χ4n) is 3.40. The number of Topliss-reactive ketones (excluding diaryl/α,β-unsaturated/α-hetero) is 1. The van der Waals surface area contributed by atoms with E-state index in [4.69, 9.17) is 0 Å². The Morgan fingerprint density at radius 1 is 0.538 bits per heavy atom. The number of rotatable bonds is 20. The van der Waals surface area contributed by atoms with Gasteiger partial charge in [0.25, 0.3) is 0 Å². The number of ether oxygens (including phenoxy) is 1. The van der Waals surface area contributed by atoms with E-state index in [2.05, 4.69) is 11.7 Å². The van der Waals surface area contributed by atoms with Gasteiger partial charge in [-0.2, -0.15) is 0 Å². The SMILES string of the molecule is CCCCCCCCCCCCCCCCCCCCC(=O)C(=O)OC. The molecule has 26 heavy (non-hydrogen) atoms. The van der Waals surface area contributed by atoms with E-state index in [-0.39, 0.29) is 5.78 Å². The molecule has 0 saturated carbocycles. The average Bonchev–Trinajstić information content (AvgIpc) is 2.66. The second-order valence-electron chi connectivity index (χ2n) is 7.68. The van der Waals surface area contributed by atoms with Crippen molar-refractivity contribution in [1.29, 1.82) is 0 Å². The van der Waals surface area contributed by atoms with Crippen molar-refractivity contribution in [2.75, 3.05) is 7.11 Å². The maximum atomic E-state index is 11.3. The third-order valence-corrected chi connectivity index (χ3v) is 5.17. The highest BCUT2D eigenvalue weighted by Crippen LogP contribution is 2.14. The minimum absolute atomic E-state index is 0.339. The molecule has 154 valence electrons. The minimum Gasteiger partial charge on any atom is -0.463 e. The Bertz CT molecular complexity index is 325. The Labute approximate surface area is 162 Å². The Morgan fingerprint density at radius 3 is 1.15 bits per heavy atom. The van der Waals surface area contributed by atoms with Crippen LogP contribution >= 0.6 is 0 Å². The summed E-state index contributed by atoms with van der Waals surface area (Å²) in [7, 11) is 1.26. The van der Waals surface area contributed by atoms with Crippen LogP contribution in [0.3, 0.4) is 0 Å². The zero-order valence-electron chi connectivity index (χ0n) is 17.7. The maximum absolute atomic E-state index is 11.3. The predicted molar refractivity (Wildman–Crippen MR) is 110 cm³/mol. The van der Waals surface area contributed by atoms with Gasteiger partial charge in [0, 0.05) is 6.42 Å². The van der Waals surface area contributed by atoms with Gasteiger partial charge < -0.3 is 4.74 Å². The summed E-state index contributed by atoms with van der Waals surface area (Å²) >= 11 is 0. The normalized spacial score (nSPS) is 10.8. The molecular formula is C23H44O3. The summed E-state index contributed by atoms with van der Waals surface area (Å²) in [6.45, 7) is 2.28. The van der Waals surface area contributed by atoms with Gasteiger partial charge in [-0.05, 0) is 6.42 Å². The van der Waals surface area contributed by atoms with Gasteiger partial charge in [-0.3, -0.25) is 4.79 Å². The van der Waals surface area contributed by atoms with Gasteiger partial charge in [0.2, 0.25) is 5.78 Å². The molecule has 0 aliphatic rings. The van der Waals surface area contributed by atoms with Gasteiger partial charge in [-0.15, -0.1) is 0 Å². The highest BCUT2D eigenvalue weighted by Gasteiger charge is 2.12. The summed E-state index contributed by atoms with van der Waals surface area (Å²) in [5.41, 5.74) is 0. The monoisotopic (exact) mass is 368 g/mol. The van der Waals surface area contributed by atoms with Crippen LogP contribution in [-0.4, -0.2) is 18.9 Å². The van der Waals surface area contributed by atoms with Crippen molar-refractivity contribution in [3.05, 3.63) is 0 Å². The molecule has 0 saturated heterocycles. The molecule has 0 bridgehead atoms. The number of esters is 1. The number of unbranched alkanes of at least 4 members (excludes halogenated alkanes) is 17. The smallest absolute Gasteiger partial charge is 0.374 e. The van der Waals surface area contributed by atoms with E-state index >= 15 is 0 Å². The Kier molecular flexibility index (Phi) is 19.8.